The first-order valence-electron chi connectivity index (χ1n) is 7.77. The van der Waals surface area contributed by atoms with Crippen LogP contribution < -0.4 is 15.4 Å². The summed E-state index contributed by atoms with van der Waals surface area (Å²) in [6.45, 7) is 7.06. The number of hydrogen-bond acceptors (Lipinski definition) is 3. The molecule has 2 rings (SSSR count). The van der Waals surface area contributed by atoms with Gasteiger partial charge in [-0.25, -0.2) is 0 Å². The summed E-state index contributed by atoms with van der Waals surface area (Å²) in [5.41, 5.74) is 3.28. The molecule has 0 fully saturated rings. The van der Waals surface area contributed by atoms with Gasteiger partial charge in [0.05, 0.1) is 0 Å². The second kappa shape index (κ2) is 7.64. The molecule has 2 amide bonds. The fourth-order valence-corrected chi connectivity index (χ4v) is 2.20. The minimum atomic E-state index is -0.644. The molecule has 1 atom stereocenters. The van der Waals surface area contributed by atoms with E-state index in [2.05, 4.69) is 10.6 Å². The zero-order chi connectivity index (χ0) is 17.7. The zero-order valence-electron chi connectivity index (χ0n) is 14.3. The minimum Gasteiger partial charge on any atom is -0.481 e. The van der Waals surface area contributed by atoms with Gasteiger partial charge in [0.25, 0.3) is 5.91 Å². The van der Waals surface area contributed by atoms with Crippen molar-refractivity contribution in [1.29, 1.82) is 0 Å². The third kappa shape index (κ3) is 4.84. The molecule has 0 heterocycles. The molecule has 2 aromatic rings. The summed E-state index contributed by atoms with van der Waals surface area (Å²) in [6, 6.07) is 12.9. The molecule has 0 radical (unpaired) electrons. The van der Waals surface area contributed by atoms with Crippen molar-refractivity contribution in [3.8, 4) is 5.75 Å². The van der Waals surface area contributed by atoms with Crippen LogP contribution in [0.4, 0.5) is 11.4 Å². The fraction of sp³-hybridized carbons (Fsp3) is 0.263. The molecule has 0 saturated heterocycles. The van der Waals surface area contributed by atoms with Crippen LogP contribution in [0.2, 0.25) is 0 Å². The summed E-state index contributed by atoms with van der Waals surface area (Å²) in [5, 5.41) is 5.47. The molecule has 24 heavy (non-hydrogen) atoms. The number of carbonyl (C=O) groups excluding carboxylic acids is 2. The van der Waals surface area contributed by atoms with Crippen molar-refractivity contribution in [2.45, 2.75) is 33.8 Å². The van der Waals surface area contributed by atoms with E-state index in [1.54, 1.807) is 31.2 Å². The van der Waals surface area contributed by atoms with Crippen LogP contribution in [0.25, 0.3) is 0 Å². The lowest BCUT2D eigenvalue weighted by molar-refractivity contribution is -0.122. The largest absolute Gasteiger partial charge is 0.481 e. The Morgan fingerprint density at radius 1 is 1.00 bits per heavy atom. The number of aryl methyl sites for hydroxylation is 2. The number of nitrogens with one attached hydrogen (secondary N) is 2. The van der Waals surface area contributed by atoms with Gasteiger partial charge in [-0.3, -0.25) is 9.59 Å². The molecule has 0 saturated carbocycles. The number of benzene rings is 2. The maximum absolute atomic E-state index is 12.3. The van der Waals surface area contributed by atoms with E-state index in [4.69, 9.17) is 4.74 Å². The smallest absolute Gasteiger partial charge is 0.265 e. The lowest BCUT2D eigenvalue weighted by Gasteiger charge is -2.17. The van der Waals surface area contributed by atoms with Gasteiger partial charge >= 0.3 is 0 Å². The van der Waals surface area contributed by atoms with Gasteiger partial charge in [0, 0.05) is 18.3 Å². The Kier molecular flexibility index (Phi) is 5.58. The van der Waals surface area contributed by atoms with Gasteiger partial charge in [-0.1, -0.05) is 18.2 Å². The maximum atomic E-state index is 12.3. The van der Waals surface area contributed by atoms with Gasteiger partial charge in [0.15, 0.2) is 6.10 Å². The third-order valence-corrected chi connectivity index (χ3v) is 3.47. The number of ether oxygens (including phenoxy) is 1. The Hall–Kier alpha value is -2.82. The van der Waals surface area contributed by atoms with Crippen molar-refractivity contribution in [1.82, 2.24) is 0 Å². The van der Waals surface area contributed by atoms with E-state index in [0.717, 1.165) is 11.1 Å². The molecule has 0 spiro atoms. The van der Waals surface area contributed by atoms with Crippen LogP contribution in [0.1, 0.15) is 25.0 Å². The molecule has 0 aliphatic rings. The van der Waals surface area contributed by atoms with E-state index in [1.165, 1.54) is 6.92 Å². The first-order chi connectivity index (χ1) is 11.3. The van der Waals surface area contributed by atoms with Crippen LogP contribution in [-0.4, -0.2) is 17.9 Å². The summed E-state index contributed by atoms with van der Waals surface area (Å²) in [5.74, 6) is 0.283. The Bertz CT molecular complexity index is 756. The molecule has 0 aliphatic carbocycles. The molecule has 0 aromatic heterocycles. The summed E-state index contributed by atoms with van der Waals surface area (Å²) < 4.78 is 5.77. The van der Waals surface area contributed by atoms with Crippen LogP contribution in [0.15, 0.2) is 42.5 Å². The Morgan fingerprint density at radius 2 is 1.67 bits per heavy atom. The normalized spacial score (nSPS) is 11.5. The summed E-state index contributed by atoms with van der Waals surface area (Å²) in [7, 11) is 0. The van der Waals surface area contributed by atoms with E-state index in [9.17, 15) is 9.59 Å². The van der Waals surface area contributed by atoms with Gasteiger partial charge in [0.1, 0.15) is 5.75 Å². The number of hydrogen-bond donors (Lipinski definition) is 2. The average Bonchev–Trinajstić information content (AvgIpc) is 2.50. The second-order valence-corrected chi connectivity index (χ2v) is 5.78. The third-order valence-electron chi connectivity index (χ3n) is 3.47. The highest BCUT2D eigenvalue weighted by Crippen LogP contribution is 2.21. The zero-order valence-corrected chi connectivity index (χ0v) is 14.3. The fourth-order valence-electron chi connectivity index (χ4n) is 2.20. The van der Waals surface area contributed by atoms with E-state index < -0.39 is 6.10 Å². The van der Waals surface area contributed by atoms with Gasteiger partial charge in [0.2, 0.25) is 5.91 Å². The molecule has 0 bridgehead atoms. The van der Waals surface area contributed by atoms with Gasteiger partial charge < -0.3 is 15.4 Å². The average molecular weight is 326 g/mol. The highest BCUT2D eigenvalue weighted by atomic mass is 16.5. The van der Waals surface area contributed by atoms with Crippen molar-refractivity contribution in [2.75, 3.05) is 10.6 Å². The second-order valence-electron chi connectivity index (χ2n) is 5.78. The molecule has 0 unspecified atom stereocenters. The highest BCUT2D eigenvalue weighted by molar-refractivity contribution is 5.95. The van der Waals surface area contributed by atoms with Crippen LogP contribution in [0, 0.1) is 13.8 Å². The van der Waals surface area contributed by atoms with E-state index in [1.807, 2.05) is 32.0 Å². The van der Waals surface area contributed by atoms with Crippen molar-refractivity contribution in [2.24, 2.45) is 0 Å². The first kappa shape index (κ1) is 17.5. The maximum Gasteiger partial charge on any atom is 0.265 e. The molecule has 126 valence electrons. The standard InChI is InChI=1S/C19H22N2O3/c1-12-8-9-13(2)18(10-12)24-14(3)19(23)21-17-7-5-6-16(11-17)20-15(4)22/h5-11,14H,1-4H3,(H,20,22)(H,21,23)/t14-/m1/s1. The SMILES string of the molecule is CC(=O)Nc1cccc(NC(=O)[C@@H](C)Oc2cc(C)ccc2C)c1. The van der Waals surface area contributed by atoms with Crippen molar-refractivity contribution in [3.63, 3.8) is 0 Å². The van der Waals surface area contributed by atoms with E-state index in [-0.39, 0.29) is 11.8 Å². The lowest BCUT2D eigenvalue weighted by atomic mass is 10.1. The molecule has 0 aliphatic heterocycles. The molecular formula is C19H22N2O3. The van der Waals surface area contributed by atoms with Crippen LogP contribution >= 0.6 is 0 Å². The highest BCUT2D eigenvalue weighted by Gasteiger charge is 2.16. The summed E-state index contributed by atoms with van der Waals surface area (Å²) >= 11 is 0. The molecule has 2 aromatic carbocycles. The number of rotatable bonds is 5. The molecule has 2 N–H and O–H groups in total. The topological polar surface area (TPSA) is 67.4 Å². The number of carbonyl (C=O) groups is 2. The minimum absolute atomic E-state index is 0.162. The van der Waals surface area contributed by atoms with Crippen molar-refractivity contribution >= 4 is 23.2 Å². The molecular weight excluding hydrogens is 304 g/mol. The Morgan fingerprint density at radius 3 is 2.33 bits per heavy atom. The monoisotopic (exact) mass is 326 g/mol. The van der Waals surface area contributed by atoms with Crippen molar-refractivity contribution in [3.05, 3.63) is 53.6 Å². The van der Waals surface area contributed by atoms with Crippen LogP contribution in [-0.2, 0) is 9.59 Å². The quantitative estimate of drug-likeness (QED) is 0.881. The Labute approximate surface area is 142 Å². The summed E-state index contributed by atoms with van der Waals surface area (Å²) in [6.07, 6.45) is -0.644. The van der Waals surface area contributed by atoms with Crippen LogP contribution in [0.5, 0.6) is 5.75 Å². The van der Waals surface area contributed by atoms with Crippen molar-refractivity contribution < 1.29 is 14.3 Å². The molecule has 5 nitrogen and oxygen atoms in total. The first-order valence-corrected chi connectivity index (χ1v) is 7.77. The van der Waals surface area contributed by atoms with E-state index in [0.29, 0.717) is 17.1 Å². The predicted molar refractivity (Wildman–Crippen MR) is 95.4 cm³/mol. The van der Waals surface area contributed by atoms with Gasteiger partial charge in [-0.2, -0.15) is 0 Å². The Balaban J connectivity index is 2.03. The van der Waals surface area contributed by atoms with Gasteiger partial charge in [-0.05, 0) is 56.2 Å². The number of anilines is 2. The number of amides is 2. The van der Waals surface area contributed by atoms with Crippen LogP contribution in [0.3, 0.4) is 0 Å². The van der Waals surface area contributed by atoms with E-state index >= 15 is 0 Å². The molecule has 5 heteroatoms. The lowest BCUT2D eigenvalue weighted by Crippen LogP contribution is -2.30. The predicted octanol–water partition coefficient (Wildman–Crippen LogP) is 3.67. The summed E-state index contributed by atoms with van der Waals surface area (Å²) in [4.78, 5) is 23.4. The van der Waals surface area contributed by atoms with Gasteiger partial charge in [-0.15, -0.1) is 0 Å².